The summed E-state index contributed by atoms with van der Waals surface area (Å²) in [6.07, 6.45) is 0.997. The molecule has 0 aliphatic heterocycles. The molecule has 3 nitrogen and oxygen atoms in total. The first kappa shape index (κ1) is 16.0. The zero-order chi connectivity index (χ0) is 15.5. The third-order valence-electron chi connectivity index (χ3n) is 3.30. The van der Waals surface area contributed by atoms with Crippen molar-refractivity contribution < 1.29 is 0 Å². The maximum Gasteiger partial charge on any atom is 0.137 e. The second kappa shape index (κ2) is 6.56. The molecule has 1 heterocycles. The van der Waals surface area contributed by atoms with Crippen LogP contribution in [0.3, 0.4) is 0 Å². The SMILES string of the molecule is CCC(Nc1cc(Br)nc(C(C)(C)C)n1)c1ccccc1. The topological polar surface area (TPSA) is 37.8 Å². The first-order chi connectivity index (χ1) is 9.90. The highest BCUT2D eigenvalue weighted by molar-refractivity contribution is 9.10. The summed E-state index contributed by atoms with van der Waals surface area (Å²) in [6.45, 7) is 8.53. The van der Waals surface area contributed by atoms with Gasteiger partial charge in [-0.05, 0) is 27.9 Å². The lowest BCUT2D eigenvalue weighted by Crippen LogP contribution is -2.18. The molecule has 0 aliphatic rings. The van der Waals surface area contributed by atoms with Gasteiger partial charge in [-0.25, -0.2) is 9.97 Å². The lowest BCUT2D eigenvalue weighted by atomic mass is 9.96. The Balaban J connectivity index is 2.28. The van der Waals surface area contributed by atoms with Crippen LogP contribution in [0.25, 0.3) is 0 Å². The highest BCUT2D eigenvalue weighted by atomic mass is 79.9. The molecule has 1 unspecified atom stereocenters. The van der Waals surface area contributed by atoms with Crippen LogP contribution < -0.4 is 5.32 Å². The quantitative estimate of drug-likeness (QED) is 0.781. The van der Waals surface area contributed by atoms with Crippen LogP contribution in [0.2, 0.25) is 0 Å². The fourth-order valence-corrected chi connectivity index (χ4v) is 2.50. The van der Waals surface area contributed by atoms with E-state index in [9.17, 15) is 0 Å². The van der Waals surface area contributed by atoms with E-state index in [0.717, 1.165) is 22.7 Å². The zero-order valence-corrected chi connectivity index (χ0v) is 14.6. The number of hydrogen-bond acceptors (Lipinski definition) is 3. The number of nitrogens with zero attached hydrogens (tertiary/aromatic N) is 2. The van der Waals surface area contributed by atoms with E-state index in [-0.39, 0.29) is 11.5 Å². The van der Waals surface area contributed by atoms with Crippen molar-refractivity contribution in [3.63, 3.8) is 0 Å². The number of hydrogen-bond donors (Lipinski definition) is 1. The monoisotopic (exact) mass is 347 g/mol. The Kier molecular flexibility index (Phi) is 4.99. The molecule has 0 spiro atoms. The lowest BCUT2D eigenvalue weighted by Gasteiger charge is -2.21. The average molecular weight is 348 g/mol. The van der Waals surface area contributed by atoms with Crippen LogP contribution >= 0.6 is 15.9 Å². The van der Waals surface area contributed by atoms with Crippen molar-refractivity contribution in [1.29, 1.82) is 0 Å². The zero-order valence-electron chi connectivity index (χ0n) is 13.0. The minimum absolute atomic E-state index is 0.0747. The highest BCUT2D eigenvalue weighted by Gasteiger charge is 2.19. The number of benzene rings is 1. The number of halogens is 1. The van der Waals surface area contributed by atoms with Crippen LogP contribution in [0.4, 0.5) is 5.82 Å². The van der Waals surface area contributed by atoms with E-state index < -0.39 is 0 Å². The molecular weight excluding hydrogens is 326 g/mol. The summed E-state index contributed by atoms with van der Waals surface area (Å²) in [5, 5.41) is 3.52. The Hall–Kier alpha value is -1.42. The number of rotatable bonds is 4. The summed E-state index contributed by atoms with van der Waals surface area (Å²) in [7, 11) is 0. The van der Waals surface area contributed by atoms with E-state index in [1.165, 1.54) is 5.56 Å². The van der Waals surface area contributed by atoms with Gasteiger partial charge in [-0.1, -0.05) is 58.0 Å². The third-order valence-corrected chi connectivity index (χ3v) is 3.70. The van der Waals surface area contributed by atoms with Crippen LogP contribution in [-0.2, 0) is 5.41 Å². The molecular formula is C17H22BrN3. The van der Waals surface area contributed by atoms with Crippen molar-refractivity contribution in [3.05, 3.63) is 52.4 Å². The summed E-state index contributed by atoms with van der Waals surface area (Å²) in [5.74, 6) is 1.69. The normalized spacial score (nSPS) is 13.0. The summed E-state index contributed by atoms with van der Waals surface area (Å²) in [6, 6.07) is 12.6. The molecule has 0 saturated heterocycles. The third kappa shape index (κ3) is 4.27. The van der Waals surface area contributed by atoms with E-state index in [0.29, 0.717) is 0 Å². The molecule has 1 aromatic heterocycles. The van der Waals surface area contributed by atoms with E-state index in [4.69, 9.17) is 0 Å². The van der Waals surface area contributed by atoms with Gasteiger partial charge in [0.25, 0.3) is 0 Å². The van der Waals surface area contributed by atoms with E-state index in [2.05, 4.69) is 83.2 Å². The molecule has 1 atom stereocenters. The Bertz CT molecular complexity index is 591. The van der Waals surface area contributed by atoms with Crippen molar-refractivity contribution >= 4 is 21.7 Å². The van der Waals surface area contributed by atoms with Gasteiger partial charge in [0, 0.05) is 11.5 Å². The largest absolute Gasteiger partial charge is 0.363 e. The summed E-state index contributed by atoms with van der Waals surface area (Å²) in [5.41, 5.74) is 1.20. The van der Waals surface area contributed by atoms with Gasteiger partial charge in [-0.3, -0.25) is 0 Å². The summed E-state index contributed by atoms with van der Waals surface area (Å²) in [4.78, 5) is 9.14. The van der Waals surface area contributed by atoms with Crippen LogP contribution in [0.1, 0.15) is 51.5 Å². The van der Waals surface area contributed by atoms with E-state index >= 15 is 0 Å². The molecule has 2 aromatic rings. The summed E-state index contributed by atoms with van der Waals surface area (Å²) < 4.78 is 0.813. The van der Waals surface area contributed by atoms with E-state index in [1.54, 1.807) is 0 Å². The number of anilines is 1. The average Bonchev–Trinajstić information content (AvgIpc) is 2.44. The Morgan fingerprint density at radius 3 is 2.38 bits per heavy atom. The van der Waals surface area contributed by atoms with Crippen molar-refractivity contribution in [3.8, 4) is 0 Å². The van der Waals surface area contributed by atoms with Crippen molar-refractivity contribution in [1.82, 2.24) is 9.97 Å². The highest BCUT2D eigenvalue weighted by Crippen LogP contribution is 2.26. The standard InChI is InChI=1S/C17H22BrN3/c1-5-13(12-9-7-6-8-10-12)19-15-11-14(18)20-16(21-15)17(2,3)4/h6-11,13H,5H2,1-4H3,(H,19,20,21). The first-order valence-corrected chi connectivity index (χ1v) is 8.06. The maximum atomic E-state index is 4.67. The second-order valence-electron chi connectivity index (χ2n) is 6.17. The molecule has 1 aromatic carbocycles. The molecule has 0 amide bonds. The van der Waals surface area contributed by atoms with Crippen molar-refractivity contribution in [2.24, 2.45) is 0 Å². The van der Waals surface area contributed by atoms with Gasteiger partial charge in [-0.15, -0.1) is 0 Å². The van der Waals surface area contributed by atoms with Crippen LogP contribution in [-0.4, -0.2) is 9.97 Å². The molecule has 0 fully saturated rings. The fraction of sp³-hybridized carbons (Fsp3) is 0.412. The molecule has 0 saturated carbocycles. The Morgan fingerprint density at radius 1 is 1.14 bits per heavy atom. The molecule has 0 bridgehead atoms. The summed E-state index contributed by atoms with van der Waals surface area (Å²) >= 11 is 3.48. The van der Waals surface area contributed by atoms with Crippen LogP contribution in [0.5, 0.6) is 0 Å². The minimum Gasteiger partial charge on any atom is -0.363 e. The van der Waals surface area contributed by atoms with Crippen molar-refractivity contribution in [2.75, 3.05) is 5.32 Å². The van der Waals surface area contributed by atoms with Gasteiger partial charge in [-0.2, -0.15) is 0 Å². The molecule has 1 N–H and O–H groups in total. The van der Waals surface area contributed by atoms with Crippen molar-refractivity contribution in [2.45, 2.75) is 45.6 Å². The van der Waals surface area contributed by atoms with Gasteiger partial charge in [0.15, 0.2) is 0 Å². The van der Waals surface area contributed by atoms with Gasteiger partial charge in [0.1, 0.15) is 16.2 Å². The van der Waals surface area contributed by atoms with Gasteiger partial charge in [0.05, 0.1) is 6.04 Å². The molecule has 112 valence electrons. The molecule has 0 aliphatic carbocycles. The first-order valence-electron chi connectivity index (χ1n) is 7.26. The second-order valence-corrected chi connectivity index (χ2v) is 6.98. The minimum atomic E-state index is -0.0747. The predicted octanol–water partition coefficient (Wildman–Crippen LogP) is 5.10. The Labute approximate surface area is 135 Å². The fourth-order valence-electron chi connectivity index (χ4n) is 2.11. The van der Waals surface area contributed by atoms with Gasteiger partial charge < -0.3 is 5.32 Å². The molecule has 4 heteroatoms. The van der Waals surface area contributed by atoms with Crippen LogP contribution in [0, 0.1) is 0 Å². The lowest BCUT2D eigenvalue weighted by molar-refractivity contribution is 0.543. The smallest absolute Gasteiger partial charge is 0.137 e. The molecule has 0 radical (unpaired) electrons. The molecule has 2 rings (SSSR count). The number of nitrogens with one attached hydrogen (secondary N) is 1. The van der Waals surface area contributed by atoms with E-state index in [1.807, 2.05) is 12.1 Å². The maximum absolute atomic E-state index is 4.67. The van der Waals surface area contributed by atoms with Crippen LogP contribution in [0.15, 0.2) is 41.0 Å². The van der Waals surface area contributed by atoms with Gasteiger partial charge in [0.2, 0.25) is 0 Å². The number of aromatic nitrogens is 2. The van der Waals surface area contributed by atoms with Gasteiger partial charge >= 0.3 is 0 Å². The predicted molar refractivity (Wildman–Crippen MR) is 91.5 cm³/mol. The molecule has 21 heavy (non-hydrogen) atoms. The Morgan fingerprint density at radius 2 is 1.81 bits per heavy atom.